The van der Waals surface area contributed by atoms with Gasteiger partial charge in [-0.25, -0.2) is 0 Å². The zero-order valence-electron chi connectivity index (χ0n) is 10.7. The molecule has 0 bridgehead atoms. The van der Waals surface area contributed by atoms with Crippen LogP contribution in [0.25, 0.3) is 0 Å². The van der Waals surface area contributed by atoms with Gasteiger partial charge in [-0.2, -0.15) is 0 Å². The summed E-state index contributed by atoms with van der Waals surface area (Å²) < 4.78 is 0. The maximum atomic E-state index is 12.1. The topological polar surface area (TPSA) is 78.9 Å². The van der Waals surface area contributed by atoms with E-state index in [1.54, 1.807) is 11.9 Å². The Kier molecular flexibility index (Phi) is 5.17. The lowest BCUT2D eigenvalue weighted by Crippen LogP contribution is -2.41. The molecule has 0 aliphatic heterocycles. The first-order valence-corrected chi connectivity index (χ1v) is 5.86. The third-order valence-corrected chi connectivity index (χ3v) is 2.90. The van der Waals surface area contributed by atoms with E-state index in [2.05, 4.69) is 5.16 Å². The van der Waals surface area contributed by atoms with Gasteiger partial charge < -0.3 is 15.8 Å². The van der Waals surface area contributed by atoms with Gasteiger partial charge in [0, 0.05) is 13.6 Å². The minimum Gasteiger partial charge on any atom is -0.409 e. The number of hydrogen-bond donors (Lipinski definition) is 2. The largest absolute Gasteiger partial charge is 0.409 e. The predicted octanol–water partition coefficient (Wildman–Crippen LogP) is 1.07. The lowest BCUT2D eigenvalue weighted by Gasteiger charge is -2.21. The maximum Gasteiger partial charge on any atom is 0.233 e. The third-order valence-electron chi connectivity index (χ3n) is 2.90. The fourth-order valence-corrected chi connectivity index (χ4v) is 1.66. The van der Waals surface area contributed by atoms with Gasteiger partial charge in [0.1, 0.15) is 5.92 Å². The molecule has 1 atom stereocenters. The second-order valence-electron chi connectivity index (χ2n) is 4.12. The van der Waals surface area contributed by atoms with Crippen LogP contribution < -0.4 is 5.73 Å². The van der Waals surface area contributed by atoms with Crippen molar-refractivity contribution >= 4 is 11.7 Å². The van der Waals surface area contributed by atoms with Gasteiger partial charge >= 0.3 is 0 Å². The molecule has 3 N–H and O–H groups in total. The molecular weight excluding hydrogens is 230 g/mol. The van der Waals surface area contributed by atoms with Crippen molar-refractivity contribution in [3.05, 3.63) is 35.9 Å². The molecule has 1 aromatic carbocycles. The highest BCUT2D eigenvalue weighted by Crippen LogP contribution is 2.11. The summed E-state index contributed by atoms with van der Waals surface area (Å²) in [6.07, 6.45) is 0.430. The molecule has 1 unspecified atom stereocenters. The molecule has 5 nitrogen and oxygen atoms in total. The molecule has 0 saturated heterocycles. The molecular formula is C13H19N3O2. The van der Waals surface area contributed by atoms with Crippen LogP contribution in [0.2, 0.25) is 0 Å². The zero-order valence-corrected chi connectivity index (χ0v) is 10.7. The molecule has 98 valence electrons. The zero-order chi connectivity index (χ0) is 13.5. The first-order valence-electron chi connectivity index (χ1n) is 5.86. The standard InChI is InChI=1S/C13H19N3O2/c1-3-16(2)13(17)11(12(14)15-18)9-10-7-5-4-6-8-10/h4-8,11,18H,3,9H2,1-2H3,(H2,14,15). The summed E-state index contributed by atoms with van der Waals surface area (Å²) in [4.78, 5) is 13.7. The molecule has 18 heavy (non-hydrogen) atoms. The highest BCUT2D eigenvalue weighted by atomic mass is 16.4. The molecule has 0 aliphatic carbocycles. The van der Waals surface area contributed by atoms with Gasteiger partial charge in [0.15, 0.2) is 5.84 Å². The molecule has 1 amide bonds. The van der Waals surface area contributed by atoms with Gasteiger partial charge in [-0.3, -0.25) is 4.79 Å². The van der Waals surface area contributed by atoms with Crippen LogP contribution in [0.3, 0.4) is 0 Å². The number of benzene rings is 1. The van der Waals surface area contributed by atoms with E-state index in [-0.39, 0.29) is 11.7 Å². The van der Waals surface area contributed by atoms with E-state index in [1.165, 1.54) is 0 Å². The Hall–Kier alpha value is -2.04. The van der Waals surface area contributed by atoms with Crippen molar-refractivity contribution in [1.82, 2.24) is 4.90 Å². The summed E-state index contributed by atoms with van der Waals surface area (Å²) in [6.45, 7) is 2.46. The van der Waals surface area contributed by atoms with Crippen molar-refractivity contribution < 1.29 is 10.0 Å². The lowest BCUT2D eigenvalue weighted by molar-refractivity contribution is -0.131. The van der Waals surface area contributed by atoms with Gasteiger partial charge in [-0.1, -0.05) is 35.5 Å². The lowest BCUT2D eigenvalue weighted by atomic mass is 9.97. The number of nitrogens with zero attached hydrogens (tertiary/aromatic N) is 2. The van der Waals surface area contributed by atoms with Crippen LogP contribution in [0, 0.1) is 5.92 Å². The number of amidine groups is 1. The number of oxime groups is 1. The van der Waals surface area contributed by atoms with Crippen LogP contribution in [-0.2, 0) is 11.2 Å². The van der Waals surface area contributed by atoms with E-state index < -0.39 is 5.92 Å². The fraction of sp³-hybridized carbons (Fsp3) is 0.385. The maximum absolute atomic E-state index is 12.1. The SMILES string of the molecule is CCN(C)C(=O)C(Cc1ccccc1)/C(N)=N/O. The Morgan fingerprint density at radius 3 is 2.56 bits per heavy atom. The summed E-state index contributed by atoms with van der Waals surface area (Å²) in [7, 11) is 1.70. The van der Waals surface area contributed by atoms with Gasteiger partial charge in [0.2, 0.25) is 5.91 Å². The van der Waals surface area contributed by atoms with Crippen LogP contribution in [0.5, 0.6) is 0 Å². The van der Waals surface area contributed by atoms with Crippen molar-refractivity contribution in [2.45, 2.75) is 13.3 Å². The van der Waals surface area contributed by atoms with Gasteiger partial charge in [-0.05, 0) is 18.9 Å². The number of amides is 1. The highest BCUT2D eigenvalue weighted by molar-refractivity contribution is 6.02. The van der Waals surface area contributed by atoms with E-state index in [1.807, 2.05) is 37.3 Å². The van der Waals surface area contributed by atoms with Gasteiger partial charge in [0.05, 0.1) is 0 Å². The minimum atomic E-state index is -0.623. The Morgan fingerprint density at radius 1 is 1.44 bits per heavy atom. The van der Waals surface area contributed by atoms with E-state index in [0.29, 0.717) is 13.0 Å². The summed E-state index contributed by atoms with van der Waals surface area (Å²) in [6, 6.07) is 9.52. The Morgan fingerprint density at radius 2 is 2.06 bits per heavy atom. The number of carbonyl (C=O) groups excluding carboxylic acids is 1. The van der Waals surface area contributed by atoms with Crippen LogP contribution in [-0.4, -0.2) is 35.4 Å². The average molecular weight is 249 g/mol. The number of rotatable bonds is 5. The molecule has 0 heterocycles. The van der Waals surface area contributed by atoms with Crippen molar-refractivity contribution in [2.75, 3.05) is 13.6 Å². The summed E-state index contributed by atoms with van der Waals surface area (Å²) in [5.74, 6) is -0.817. The van der Waals surface area contributed by atoms with Crippen LogP contribution >= 0.6 is 0 Å². The van der Waals surface area contributed by atoms with Crippen molar-refractivity contribution in [3.63, 3.8) is 0 Å². The van der Waals surface area contributed by atoms with Crippen molar-refractivity contribution in [1.29, 1.82) is 0 Å². The molecule has 0 aromatic heterocycles. The third kappa shape index (κ3) is 3.48. The molecule has 0 radical (unpaired) electrons. The fourth-order valence-electron chi connectivity index (χ4n) is 1.66. The molecule has 0 fully saturated rings. The summed E-state index contributed by atoms with van der Waals surface area (Å²) in [5.41, 5.74) is 6.59. The van der Waals surface area contributed by atoms with E-state index in [9.17, 15) is 4.79 Å². The average Bonchev–Trinajstić information content (AvgIpc) is 2.43. The predicted molar refractivity (Wildman–Crippen MR) is 70.4 cm³/mol. The second kappa shape index (κ2) is 6.64. The van der Waals surface area contributed by atoms with Gasteiger partial charge in [0.25, 0.3) is 0 Å². The molecule has 1 rings (SSSR count). The first kappa shape index (κ1) is 14.0. The Balaban J connectivity index is 2.90. The van der Waals surface area contributed by atoms with E-state index in [4.69, 9.17) is 10.9 Å². The monoisotopic (exact) mass is 249 g/mol. The Labute approximate surface area is 107 Å². The first-order chi connectivity index (χ1) is 8.60. The van der Waals surface area contributed by atoms with Crippen LogP contribution in [0.1, 0.15) is 12.5 Å². The van der Waals surface area contributed by atoms with E-state index >= 15 is 0 Å². The van der Waals surface area contributed by atoms with Crippen molar-refractivity contribution in [3.8, 4) is 0 Å². The molecule has 1 aromatic rings. The Bertz CT molecular complexity index is 418. The highest BCUT2D eigenvalue weighted by Gasteiger charge is 2.25. The van der Waals surface area contributed by atoms with Crippen LogP contribution in [0.4, 0.5) is 0 Å². The van der Waals surface area contributed by atoms with Gasteiger partial charge in [-0.15, -0.1) is 0 Å². The number of nitrogens with two attached hydrogens (primary N) is 1. The smallest absolute Gasteiger partial charge is 0.233 e. The normalized spacial score (nSPS) is 13.1. The van der Waals surface area contributed by atoms with Crippen molar-refractivity contribution in [2.24, 2.45) is 16.8 Å². The quantitative estimate of drug-likeness (QED) is 0.354. The number of hydrogen-bond acceptors (Lipinski definition) is 3. The summed E-state index contributed by atoms with van der Waals surface area (Å²) >= 11 is 0. The molecule has 0 saturated carbocycles. The van der Waals surface area contributed by atoms with Crippen LogP contribution in [0.15, 0.2) is 35.5 Å². The molecule has 0 spiro atoms. The molecule has 5 heteroatoms. The summed E-state index contributed by atoms with van der Waals surface area (Å²) in [5, 5.41) is 11.7. The van der Waals surface area contributed by atoms with E-state index in [0.717, 1.165) is 5.56 Å². The minimum absolute atomic E-state index is 0.0517. The number of carbonyl (C=O) groups is 1. The molecule has 0 aliphatic rings. The second-order valence-corrected chi connectivity index (χ2v) is 4.12.